The lowest BCUT2D eigenvalue weighted by Crippen LogP contribution is -2.42. The van der Waals surface area contributed by atoms with E-state index in [-0.39, 0.29) is 0 Å². The highest BCUT2D eigenvalue weighted by Gasteiger charge is 2.24. The molecule has 0 fully saturated rings. The molecule has 0 atom stereocenters. The highest BCUT2D eigenvalue weighted by Crippen LogP contribution is 2.18. The third-order valence-electron chi connectivity index (χ3n) is 3.14. The summed E-state index contributed by atoms with van der Waals surface area (Å²) in [4.78, 5) is 0.290. The van der Waals surface area contributed by atoms with Crippen molar-refractivity contribution in [1.82, 2.24) is 4.72 Å². The Bertz CT molecular complexity index is 522. The summed E-state index contributed by atoms with van der Waals surface area (Å²) < 4.78 is 27.1. The molecular weight excluding hydrogens is 248 g/mol. The van der Waals surface area contributed by atoms with Crippen LogP contribution in [0, 0.1) is 6.92 Å². The molecular formula is C13H22N2O2S. The first kappa shape index (κ1) is 15.1. The van der Waals surface area contributed by atoms with Crippen molar-refractivity contribution >= 4 is 10.0 Å². The summed E-state index contributed by atoms with van der Waals surface area (Å²) in [5, 5.41) is 0. The molecule has 0 saturated carbocycles. The second kappa shape index (κ2) is 5.38. The molecule has 1 rings (SSSR count). The first-order chi connectivity index (χ1) is 8.22. The van der Waals surface area contributed by atoms with Gasteiger partial charge in [-0.25, -0.2) is 13.1 Å². The Balaban J connectivity index is 3.10. The number of hydrogen-bond donors (Lipinski definition) is 2. The smallest absolute Gasteiger partial charge is 0.241 e. The van der Waals surface area contributed by atoms with Crippen molar-refractivity contribution in [2.45, 2.75) is 51.1 Å². The normalized spacial score (nSPS) is 12.7. The van der Waals surface area contributed by atoms with Gasteiger partial charge in [0.05, 0.1) is 4.90 Å². The minimum absolute atomic E-state index is 0.290. The Morgan fingerprint density at radius 2 is 1.94 bits per heavy atom. The molecule has 18 heavy (non-hydrogen) atoms. The predicted octanol–water partition coefficient (Wildman–Crippen LogP) is 1.92. The Labute approximate surface area is 110 Å². The maximum atomic E-state index is 12.2. The standard InChI is InChI=1S/C13H22N2O2S/c1-5-13(3,4)15-18(16,17)12-7-6-11(9-14)10(2)8-12/h6-8,15H,5,9,14H2,1-4H3. The number of nitrogens with one attached hydrogen (secondary N) is 1. The second-order valence-corrected chi connectivity index (χ2v) is 6.82. The van der Waals surface area contributed by atoms with Gasteiger partial charge in [0.25, 0.3) is 0 Å². The molecule has 0 heterocycles. The molecule has 0 saturated heterocycles. The van der Waals surface area contributed by atoms with Crippen LogP contribution in [0.2, 0.25) is 0 Å². The van der Waals surface area contributed by atoms with Gasteiger partial charge in [0.1, 0.15) is 0 Å². The fourth-order valence-electron chi connectivity index (χ4n) is 1.56. The van der Waals surface area contributed by atoms with Crippen LogP contribution in [0.3, 0.4) is 0 Å². The zero-order valence-electron chi connectivity index (χ0n) is 11.4. The Kier molecular flexibility index (Phi) is 4.53. The summed E-state index contributed by atoms with van der Waals surface area (Å²) in [6, 6.07) is 5.03. The van der Waals surface area contributed by atoms with Gasteiger partial charge in [0.2, 0.25) is 10.0 Å². The summed E-state index contributed by atoms with van der Waals surface area (Å²) >= 11 is 0. The molecule has 102 valence electrons. The zero-order chi connectivity index (χ0) is 14.0. The first-order valence-corrected chi connectivity index (χ1v) is 7.54. The number of aryl methyl sites for hydroxylation is 1. The minimum Gasteiger partial charge on any atom is -0.326 e. The van der Waals surface area contributed by atoms with E-state index in [0.29, 0.717) is 11.4 Å². The van der Waals surface area contributed by atoms with Gasteiger partial charge in [0, 0.05) is 12.1 Å². The van der Waals surface area contributed by atoms with E-state index >= 15 is 0 Å². The molecule has 0 aliphatic carbocycles. The van der Waals surface area contributed by atoms with Crippen LogP contribution >= 0.6 is 0 Å². The SMILES string of the molecule is CCC(C)(C)NS(=O)(=O)c1ccc(CN)c(C)c1. The van der Waals surface area contributed by atoms with Gasteiger partial charge >= 0.3 is 0 Å². The van der Waals surface area contributed by atoms with E-state index in [4.69, 9.17) is 5.73 Å². The van der Waals surface area contributed by atoms with Crippen LogP contribution in [0.15, 0.2) is 23.1 Å². The molecule has 1 aromatic carbocycles. The lowest BCUT2D eigenvalue weighted by Gasteiger charge is -2.24. The van der Waals surface area contributed by atoms with Crippen LogP contribution in [0.1, 0.15) is 38.3 Å². The molecule has 0 aliphatic rings. The summed E-state index contributed by atoms with van der Waals surface area (Å²) in [6.07, 6.45) is 0.728. The van der Waals surface area contributed by atoms with Crippen molar-refractivity contribution in [2.75, 3.05) is 0 Å². The van der Waals surface area contributed by atoms with Crippen LogP contribution in [0.4, 0.5) is 0 Å². The summed E-state index contributed by atoms with van der Waals surface area (Å²) in [7, 11) is -3.47. The first-order valence-electron chi connectivity index (χ1n) is 6.05. The number of rotatable bonds is 5. The van der Waals surface area contributed by atoms with E-state index in [1.165, 1.54) is 0 Å². The fraction of sp³-hybridized carbons (Fsp3) is 0.538. The van der Waals surface area contributed by atoms with Gasteiger partial charge in [-0.1, -0.05) is 13.0 Å². The van der Waals surface area contributed by atoms with E-state index in [9.17, 15) is 8.42 Å². The van der Waals surface area contributed by atoms with Gasteiger partial charge < -0.3 is 5.73 Å². The molecule has 0 unspecified atom stereocenters. The van der Waals surface area contributed by atoms with Crippen molar-refractivity contribution in [3.8, 4) is 0 Å². The van der Waals surface area contributed by atoms with Gasteiger partial charge in [-0.05, 0) is 50.5 Å². The third kappa shape index (κ3) is 3.54. The molecule has 0 spiro atoms. The van der Waals surface area contributed by atoms with Crippen molar-refractivity contribution in [3.05, 3.63) is 29.3 Å². The average molecular weight is 270 g/mol. The Morgan fingerprint density at radius 3 is 2.39 bits per heavy atom. The number of hydrogen-bond acceptors (Lipinski definition) is 3. The largest absolute Gasteiger partial charge is 0.326 e. The summed E-state index contributed by atoms with van der Waals surface area (Å²) in [6.45, 7) is 7.97. The van der Waals surface area contributed by atoms with E-state index in [1.54, 1.807) is 18.2 Å². The van der Waals surface area contributed by atoms with Crippen LogP contribution in [-0.2, 0) is 16.6 Å². The van der Waals surface area contributed by atoms with Gasteiger partial charge in [-0.3, -0.25) is 0 Å². The van der Waals surface area contributed by atoms with Crippen LogP contribution in [-0.4, -0.2) is 14.0 Å². The van der Waals surface area contributed by atoms with Gasteiger partial charge in [-0.15, -0.1) is 0 Å². The number of sulfonamides is 1. The number of nitrogens with two attached hydrogens (primary N) is 1. The molecule has 4 nitrogen and oxygen atoms in total. The molecule has 0 aromatic heterocycles. The molecule has 1 aromatic rings. The van der Waals surface area contributed by atoms with E-state index in [0.717, 1.165) is 17.5 Å². The quantitative estimate of drug-likeness (QED) is 0.858. The van der Waals surface area contributed by atoms with Crippen molar-refractivity contribution in [3.63, 3.8) is 0 Å². The number of benzene rings is 1. The van der Waals surface area contributed by atoms with Crippen molar-refractivity contribution < 1.29 is 8.42 Å². The lowest BCUT2D eigenvalue weighted by molar-refractivity contribution is 0.439. The lowest BCUT2D eigenvalue weighted by atomic mass is 10.0. The molecule has 0 radical (unpaired) electrons. The topological polar surface area (TPSA) is 72.2 Å². The van der Waals surface area contributed by atoms with Gasteiger partial charge in [0.15, 0.2) is 0 Å². The van der Waals surface area contributed by atoms with Crippen molar-refractivity contribution in [1.29, 1.82) is 0 Å². The van der Waals surface area contributed by atoms with Crippen LogP contribution in [0.5, 0.6) is 0 Å². The zero-order valence-corrected chi connectivity index (χ0v) is 12.3. The predicted molar refractivity (Wildman–Crippen MR) is 73.8 cm³/mol. The summed E-state index contributed by atoms with van der Waals surface area (Å²) in [5.74, 6) is 0. The molecule has 0 amide bonds. The van der Waals surface area contributed by atoms with Crippen LogP contribution < -0.4 is 10.5 Å². The molecule has 5 heteroatoms. The van der Waals surface area contributed by atoms with Gasteiger partial charge in [-0.2, -0.15) is 0 Å². The molecule has 0 aliphatic heterocycles. The van der Waals surface area contributed by atoms with E-state index < -0.39 is 15.6 Å². The highest BCUT2D eigenvalue weighted by atomic mass is 32.2. The molecule has 0 bridgehead atoms. The fourth-order valence-corrected chi connectivity index (χ4v) is 3.13. The maximum absolute atomic E-state index is 12.2. The maximum Gasteiger partial charge on any atom is 0.241 e. The highest BCUT2D eigenvalue weighted by molar-refractivity contribution is 7.89. The minimum atomic E-state index is -3.47. The Morgan fingerprint density at radius 1 is 1.33 bits per heavy atom. The molecule has 3 N–H and O–H groups in total. The third-order valence-corrected chi connectivity index (χ3v) is 4.83. The van der Waals surface area contributed by atoms with Crippen molar-refractivity contribution in [2.24, 2.45) is 5.73 Å². The summed E-state index contributed by atoms with van der Waals surface area (Å²) in [5.41, 5.74) is 6.98. The van der Waals surface area contributed by atoms with Crippen LogP contribution in [0.25, 0.3) is 0 Å². The Hall–Kier alpha value is -0.910. The monoisotopic (exact) mass is 270 g/mol. The van der Waals surface area contributed by atoms with E-state index in [2.05, 4.69) is 4.72 Å². The van der Waals surface area contributed by atoms with E-state index in [1.807, 2.05) is 27.7 Å². The average Bonchev–Trinajstić information content (AvgIpc) is 2.27. The second-order valence-electron chi connectivity index (χ2n) is 5.14.